The largest absolute Gasteiger partial charge is 0.444 e. The molecular weight excluding hydrogens is 196 g/mol. The Morgan fingerprint density at radius 3 is 2.47 bits per heavy atom. The molecule has 0 bridgehead atoms. The number of amides is 1. The topological polar surface area (TPSA) is 61.8 Å². The number of ether oxygens (including phenoxy) is 1. The van der Waals surface area contributed by atoms with E-state index < -0.39 is 17.8 Å². The summed E-state index contributed by atoms with van der Waals surface area (Å²) in [4.78, 5) is 13.4. The number of hydrogen-bond donors (Lipinski definition) is 2. The molecule has 0 aromatic rings. The first kappa shape index (κ1) is 12.3. The Morgan fingerprint density at radius 2 is 2.07 bits per heavy atom. The fraction of sp³-hybridized carbons (Fsp3) is 0.900. The van der Waals surface area contributed by atoms with Crippen molar-refractivity contribution in [2.45, 2.75) is 38.5 Å². The highest BCUT2D eigenvalue weighted by atomic mass is 16.6. The van der Waals surface area contributed by atoms with Crippen molar-refractivity contribution in [3.8, 4) is 0 Å². The van der Waals surface area contributed by atoms with Gasteiger partial charge in [0.15, 0.2) is 0 Å². The Bertz CT molecular complexity index is 237. The third-order valence-corrected chi connectivity index (χ3v) is 2.17. The van der Waals surface area contributed by atoms with Crippen molar-refractivity contribution in [3.05, 3.63) is 0 Å². The zero-order valence-electron chi connectivity index (χ0n) is 9.78. The number of carbonyl (C=O) groups is 1. The highest BCUT2D eigenvalue weighted by Crippen LogP contribution is 2.10. The normalized spacial score (nSPS) is 27.8. The lowest BCUT2D eigenvalue weighted by molar-refractivity contribution is 0.0461. The second kappa shape index (κ2) is 4.37. The van der Waals surface area contributed by atoms with Gasteiger partial charge in [-0.15, -0.1) is 0 Å². The minimum absolute atomic E-state index is 0.232. The van der Waals surface area contributed by atoms with E-state index >= 15 is 0 Å². The van der Waals surface area contributed by atoms with Crippen LogP contribution in [-0.2, 0) is 4.74 Å². The van der Waals surface area contributed by atoms with E-state index in [2.05, 4.69) is 5.32 Å². The molecule has 1 amide bonds. The number of aliphatic hydroxyl groups excluding tert-OH is 1. The Hall–Kier alpha value is -0.810. The average molecular weight is 216 g/mol. The van der Waals surface area contributed by atoms with Crippen LogP contribution in [0.3, 0.4) is 0 Å². The predicted octanol–water partition coefficient (Wildman–Crippen LogP) is 0.186. The smallest absolute Gasteiger partial charge is 0.408 e. The fourth-order valence-electron chi connectivity index (χ4n) is 1.58. The number of likely N-dealkylation sites (N-methyl/N-ethyl adjacent to an activating group) is 1. The summed E-state index contributed by atoms with van der Waals surface area (Å²) in [7, 11) is 1.90. The summed E-state index contributed by atoms with van der Waals surface area (Å²) >= 11 is 0. The average Bonchev–Trinajstić information content (AvgIpc) is 2.25. The van der Waals surface area contributed by atoms with Crippen molar-refractivity contribution in [2.75, 3.05) is 20.1 Å². The van der Waals surface area contributed by atoms with Crippen LogP contribution in [0, 0.1) is 0 Å². The van der Waals surface area contributed by atoms with Crippen molar-refractivity contribution in [2.24, 2.45) is 0 Å². The third-order valence-electron chi connectivity index (χ3n) is 2.17. The molecule has 2 N–H and O–H groups in total. The van der Waals surface area contributed by atoms with Crippen molar-refractivity contribution >= 4 is 6.09 Å². The number of β-amino-alcohol motifs (C(OH)–C–C–N with tert-alkyl or cyclic N) is 1. The number of nitrogens with one attached hydrogen (secondary N) is 1. The molecule has 0 spiro atoms. The van der Waals surface area contributed by atoms with Gasteiger partial charge < -0.3 is 20.1 Å². The molecule has 5 nitrogen and oxygen atoms in total. The monoisotopic (exact) mass is 216 g/mol. The van der Waals surface area contributed by atoms with E-state index in [0.29, 0.717) is 13.1 Å². The van der Waals surface area contributed by atoms with Crippen LogP contribution >= 0.6 is 0 Å². The third kappa shape index (κ3) is 4.05. The number of aliphatic hydroxyl groups is 1. The minimum Gasteiger partial charge on any atom is -0.444 e. The van der Waals surface area contributed by atoms with E-state index in [9.17, 15) is 9.90 Å². The number of carbonyl (C=O) groups excluding carboxylic acids is 1. The summed E-state index contributed by atoms with van der Waals surface area (Å²) < 4.78 is 5.10. The van der Waals surface area contributed by atoms with Crippen molar-refractivity contribution in [3.63, 3.8) is 0 Å². The molecule has 1 saturated heterocycles. The maximum Gasteiger partial charge on any atom is 0.408 e. The van der Waals surface area contributed by atoms with Gasteiger partial charge in [0.05, 0.1) is 12.1 Å². The van der Waals surface area contributed by atoms with Crippen molar-refractivity contribution in [1.29, 1.82) is 0 Å². The van der Waals surface area contributed by atoms with E-state index in [-0.39, 0.29) is 6.04 Å². The lowest BCUT2D eigenvalue weighted by Crippen LogP contribution is -2.45. The molecule has 1 heterocycles. The van der Waals surface area contributed by atoms with Gasteiger partial charge in [-0.05, 0) is 27.8 Å². The van der Waals surface area contributed by atoms with E-state index in [1.807, 2.05) is 32.7 Å². The summed E-state index contributed by atoms with van der Waals surface area (Å²) in [5.41, 5.74) is -0.500. The molecule has 1 fully saturated rings. The molecule has 2 unspecified atom stereocenters. The number of hydrogen-bond acceptors (Lipinski definition) is 4. The summed E-state index contributed by atoms with van der Waals surface area (Å²) in [5.74, 6) is 0. The molecule has 0 aromatic heterocycles. The number of likely N-dealkylation sites (tertiary alicyclic amines) is 1. The van der Waals surface area contributed by atoms with E-state index in [1.54, 1.807) is 0 Å². The molecule has 1 aliphatic heterocycles. The maximum atomic E-state index is 11.4. The van der Waals surface area contributed by atoms with Gasteiger partial charge in [0.1, 0.15) is 5.60 Å². The van der Waals surface area contributed by atoms with Gasteiger partial charge >= 0.3 is 6.09 Å². The Balaban J connectivity index is 2.39. The van der Waals surface area contributed by atoms with E-state index in [4.69, 9.17) is 4.74 Å². The Morgan fingerprint density at radius 1 is 1.47 bits per heavy atom. The van der Waals surface area contributed by atoms with Crippen LogP contribution in [0.5, 0.6) is 0 Å². The zero-order valence-corrected chi connectivity index (χ0v) is 9.78. The summed E-state index contributed by atoms with van der Waals surface area (Å²) in [5, 5.41) is 12.3. The van der Waals surface area contributed by atoms with E-state index in [1.165, 1.54) is 0 Å². The van der Waals surface area contributed by atoms with Crippen LogP contribution in [0.2, 0.25) is 0 Å². The molecule has 1 aliphatic rings. The molecule has 1 rings (SSSR count). The molecule has 15 heavy (non-hydrogen) atoms. The second-order valence-electron chi connectivity index (χ2n) is 5.04. The van der Waals surface area contributed by atoms with Crippen LogP contribution in [0.4, 0.5) is 4.79 Å². The molecule has 88 valence electrons. The molecule has 0 aliphatic carbocycles. The van der Waals surface area contributed by atoms with Gasteiger partial charge in [-0.3, -0.25) is 0 Å². The predicted molar refractivity (Wildman–Crippen MR) is 56.7 cm³/mol. The quantitative estimate of drug-likeness (QED) is 0.656. The van der Waals surface area contributed by atoms with Gasteiger partial charge in [-0.25, -0.2) is 4.79 Å². The molecular formula is C10H20N2O3. The lowest BCUT2D eigenvalue weighted by Gasteiger charge is -2.22. The zero-order chi connectivity index (χ0) is 11.6. The van der Waals surface area contributed by atoms with Crippen LogP contribution in [0.15, 0.2) is 0 Å². The van der Waals surface area contributed by atoms with E-state index in [0.717, 1.165) is 0 Å². The van der Waals surface area contributed by atoms with Gasteiger partial charge in [-0.1, -0.05) is 0 Å². The first-order chi connectivity index (χ1) is 6.78. The van der Waals surface area contributed by atoms with Crippen molar-refractivity contribution < 1.29 is 14.6 Å². The highest BCUT2D eigenvalue weighted by molar-refractivity contribution is 5.68. The van der Waals surface area contributed by atoms with Crippen molar-refractivity contribution in [1.82, 2.24) is 10.2 Å². The van der Waals surface area contributed by atoms with Crippen LogP contribution < -0.4 is 5.32 Å². The molecule has 5 heteroatoms. The Labute approximate surface area is 90.4 Å². The number of nitrogens with zero attached hydrogens (tertiary/aromatic N) is 1. The molecule has 0 saturated carbocycles. The maximum absolute atomic E-state index is 11.4. The summed E-state index contributed by atoms with van der Waals surface area (Å²) in [6, 6.07) is -0.232. The van der Waals surface area contributed by atoms with Gasteiger partial charge in [-0.2, -0.15) is 0 Å². The van der Waals surface area contributed by atoms with Crippen LogP contribution in [0.1, 0.15) is 20.8 Å². The fourth-order valence-corrected chi connectivity index (χ4v) is 1.58. The molecule has 0 radical (unpaired) electrons. The second-order valence-corrected chi connectivity index (χ2v) is 5.04. The summed E-state index contributed by atoms with van der Waals surface area (Å²) in [6.07, 6.45) is -0.982. The molecule has 0 aromatic carbocycles. The number of rotatable bonds is 1. The van der Waals surface area contributed by atoms with Crippen LogP contribution in [-0.4, -0.2) is 54.0 Å². The Kier molecular flexibility index (Phi) is 3.57. The number of alkyl carbamates (subject to hydrolysis) is 1. The lowest BCUT2D eigenvalue weighted by atomic mass is 10.2. The minimum atomic E-state index is -0.512. The van der Waals surface area contributed by atoms with Gasteiger partial charge in [0.2, 0.25) is 0 Å². The first-order valence-corrected chi connectivity index (χ1v) is 5.14. The van der Waals surface area contributed by atoms with Gasteiger partial charge in [0, 0.05) is 13.1 Å². The summed E-state index contributed by atoms with van der Waals surface area (Å²) in [6.45, 7) is 6.66. The van der Waals surface area contributed by atoms with Gasteiger partial charge in [0.25, 0.3) is 0 Å². The first-order valence-electron chi connectivity index (χ1n) is 5.14. The SMILES string of the molecule is CN1CC(O)C(NC(=O)OC(C)(C)C)C1. The van der Waals surface area contributed by atoms with Crippen LogP contribution in [0.25, 0.3) is 0 Å². The standard InChI is InChI=1S/C10H20N2O3/c1-10(2,3)15-9(14)11-7-5-12(4)6-8(7)13/h7-8,13H,5-6H2,1-4H3,(H,11,14). The highest BCUT2D eigenvalue weighted by Gasteiger charge is 2.31. The molecule has 2 atom stereocenters.